The highest BCUT2D eigenvalue weighted by Gasteiger charge is 2.30. The molecule has 0 radical (unpaired) electrons. The third-order valence-corrected chi connectivity index (χ3v) is 3.11. The van der Waals surface area contributed by atoms with Gasteiger partial charge < -0.3 is 4.74 Å². The Morgan fingerprint density at radius 3 is 2.69 bits per heavy atom. The van der Waals surface area contributed by atoms with E-state index in [9.17, 15) is 18.0 Å². The molecule has 0 aromatic rings. The Morgan fingerprint density at radius 1 is 1.44 bits per heavy atom. The van der Waals surface area contributed by atoms with E-state index in [1.807, 2.05) is 0 Å². The lowest BCUT2D eigenvalue weighted by molar-refractivity contribution is -0.152. The van der Waals surface area contributed by atoms with E-state index in [2.05, 4.69) is 4.74 Å². The third-order valence-electron chi connectivity index (χ3n) is 2.42. The highest BCUT2D eigenvalue weighted by molar-refractivity contribution is 7.85. The fourth-order valence-electron chi connectivity index (χ4n) is 1.58. The van der Waals surface area contributed by atoms with Crippen LogP contribution < -0.4 is 0 Å². The number of carbonyl (C=O) groups excluding carboxylic acids is 2. The van der Waals surface area contributed by atoms with Gasteiger partial charge in [0.25, 0.3) is 10.1 Å². The molecule has 0 saturated heterocycles. The maximum absolute atomic E-state index is 11.4. The zero-order valence-corrected chi connectivity index (χ0v) is 9.53. The molecule has 1 N–H and O–H groups in total. The molecular formula is C9H14O6S. The van der Waals surface area contributed by atoms with Gasteiger partial charge in [0.05, 0.1) is 0 Å². The van der Waals surface area contributed by atoms with Crippen LogP contribution in [0, 0.1) is 5.92 Å². The molecule has 1 unspecified atom stereocenters. The predicted molar refractivity (Wildman–Crippen MR) is 54.3 cm³/mol. The van der Waals surface area contributed by atoms with E-state index in [-0.39, 0.29) is 5.78 Å². The van der Waals surface area contributed by atoms with Gasteiger partial charge in [0.1, 0.15) is 24.1 Å². The van der Waals surface area contributed by atoms with E-state index in [1.54, 1.807) is 0 Å². The second kappa shape index (κ2) is 5.40. The van der Waals surface area contributed by atoms with Gasteiger partial charge in [0.2, 0.25) is 0 Å². The normalized spacial score (nSPS) is 21.8. The van der Waals surface area contributed by atoms with Crippen molar-refractivity contribution in [3.63, 3.8) is 0 Å². The lowest BCUT2D eigenvalue weighted by atomic mass is 9.88. The monoisotopic (exact) mass is 250 g/mol. The zero-order valence-electron chi connectivity index (χ0n) is 8.72. The molecule has 0 aromatic carbocycles. The van der Waals surface area contributed by atoms with Gasteiger partial charge in [-0.3, -0.25) is 14.1 Å². The average Bonchev–Trinajstić information content (AvgIpc) is 2.16. The van der Waals surface area contributed by atoms with Gasteiger partial charge in [-0.1, -0.05) is 6.42 Å². The van der Waals surface area contributed by atoms with E-state index in [0.29, 0.717) is 12.8 Å². The molecule has 0 heterocycles. The molecule has 92 valence electrons. The largest absolute Gasteiger partial charge is 0.464 e. The maximum atomic E-state index is 11.4. The molecule has 0 amide bonds. The molecule has 0 aromatic heterocycles. The molecule has 6 nitrogen and oxygen atoms in total. The quantitative estimate of drug-likeness (QED) is 0.434. The summed E-state index contributed by atoms with van der Waals surface area (Å²) in [6, 6.07) is 0. The minimum absolute atomic E-state index is 0.150. The SMILES string of the molecule is O=C1CCCCC1C(=O)OCCS(=O)(=O)O. The molecule has 1 aliphatic rings. The van der Waals surface area contributed by atoms with E-state index >= 15 is 0 Å². The highest BCUT2D eigenvalue weighted by Crippen LogP contribution is 2.21. The van der Waals surface area contributed by atoms with Crippen LogP contribution >= 0.6 is 0 Å². The average molecular weight is 250 g/mol. The number of hydrogen-bond donors (Lipinski definition) is 1. The van der Waals surface area contributed by atoms with Gasteiger partial charge in [-0.2, -0.15) is 8.42 Å². The standard InChI is InChI=1S/C9H14O6S/c10-8-4-2-1-3-7(8)9(11)15-5-6-16(12,13)14/h7H,1-6H2,(H,12,13,14). The lowest BCUT2D eigenvalue weighted by Crippen LogP contribution is -2.30. The lowest BCUT2D eigenvalue weighted by Gasteiger charge is -2.18. The summed E-state index contributed by atoms with van der Waals surface area (Å²) in [6.07, 6.45) is 2.42. The second-order valence-corrected chi connectivity index (χ2v) is 5.29. The minimum Gasteiger partial charge on any atom is -0.464 e. The number of ketones is 1. The summed E-state index contributed by atoms with van der Waals surface area (Å²) in [5.41, 5.74) is 0. The van der Waals surface area contributed by atoms with Crippen LogP contribution in [0.2, 0.25) is 0 Å². The predicted octanol–water partition coefficient (Wildman–Crippen LogP) is 0.177. The highest BCUT2D eigenvalue weighted by atomic mass is 32.2. The van der Waals surface area contributed by atoms with E-state index in [1.165, 1.54) is 0 Å². The summed E-state index contributed by atoms with van der Waals surface area (Å²) < 4.78 is 33.7. The van der Waals surface area contributed by atoms with Gasteiger partial charge in [-0.05, 0) is 12.8 Å². The van der Waals surface area contributed by atoms with Gasteiger partial charge in [-0.15, -0.1) is 0 Å². The Kier molecular flexibility index (Phi) is 4.43. The smallest absolute Gasteiger partial charge is 0.316 e. The Morgan fingerprint density at radius 2 is 2.12 bits per heavy atom. The molecule has 1 saturated carbocycles. The van der Waals surface area contributed by atoms with Crippen LogP contribution in [0.1, 0.15) is 25.7 Å². The molecule has 0 spiro atoms. The van der Waals surface area contributed by atoms with Gasteiger partial charge >= 0.3 is 5.97 Å². The van der Waals surface area contributed by atoms with Crippen molar-refractivity contribution in [3.05, 3.63) is 0 Å². The van der Waals surface area contributed by atoms with Gasteiger partial charge in [-0.25, -0.2) is 0 Å². The van der Waals surface area contributed by atoms with Crippen LogP contribution in [0.5, 0.6) is 0 Å². The van der Waals surface area contributed by atoms with Crippen LogP contribution in [-0.2, 0) is 24.4 Å². The molecule has 7 heteroatoms. The van der Waals surface area contributed by atoms with Gasteiger partial charge in [0.15, 0.2) is 0 Å². The topological polar surface area (TPSA) is 97.7 Å². The summed E-state index contributed by atoms with van der Waals surface area (Å²) >= 11 is 0. The van der Waals surface area contributed by atoms with Crippen molar-refractivity contribution in [2.75, 3.05) is 12.4 Å². The molecule has 1 fully saturated rings. The molecule has 1 atom stereocenters. The first-order chi connectivity index (χ1) is 7.40. The number of hydrogen-bond acceptors (Lipinski definition) is 5. The van der Waals surface area contributed by atoms with Crippen molar-refractivity contribution in [2.45, 2.75) is 25.7 Å². The van der Waals surface area contributed by atoms with Crippen LogP contribution in [0.15, 0.2) is 0 Å². The Labute approximate surface area is 93.7 Å². The number of rotatable bonds is 4. The number of Topliss-reactive ketones (excluding diaryl/α,β-unsaturated/α-hetero) is 1. The van der Waals surface area contributed by atoms with E-state index in [4.69, 9.17) is 4.55 Å². The van der Waals surface area contributed by atoms with Crippen molar-refractivity contribution in [3.8, 4) is 0 Å². The van der Waals surface area contributed by atoms with Crippen molar-refractivity contribution in [2.24, 2.45) is 5.92 Å². The Balaban J connectivity index is 2.37. The molecule has 16 heavy (non-hydrogen) atoms. The maximum Gasteiger partial charge on any atom is 0.316 e. The summed E-state index contributed by atoms with van der Waals surface area (Å²) in [6.45, 7) is -0.415. The van der Waals surface area contributed by atoms with E-state index in [0.717, 1.165) is 12.8 Å². The minimum atomic E-state index is -4.13. The molecule has 1 aliphatic carbocycles. The first-order valence-electron chi connectivity index (χ1n) is 5.04. The molecule has 0 bridgehead atoms. The summed E-state index contributed by atoms with van der Waals surface area (Å²) in [7, 11) is -4.13. The summed E-state index contributed by atoms with van der Waals surface area (Å²) in [4.78, 5) is 22.7. The first-order valence-corrected chi connectivity index (χ1v) is 6.65. The third kappa shape index (κ3) is 4.28. The van der Waals surface area contributed by atoms with Crippen LogP contribution in [0.3, 0.4) is 0 Å². The van der Waals surface area contributed by atoms with Gasteiger partial charge in [0, 0.05) is 6.42 Å². The fourth-order valence-corrected chi connectivity index (χ4v) is 1.87. The summed E-state index contributed by atoms with van der Waals surface area (Å²) in [5.74, 6) is -2.23. The van der Waals surface area contributed by atoms with E-state index < -0.39 is 34.4 Å². The van der Waals surface area contributed by atoms with Crippen molar-refractivity contribution in [1.82, 2.24) is 0 Å². The Hall–Kier alpha value is -0.950. The summed E-state index contributed by atoms with van der Waals surface area (Å²) in [5, 5.41) is 0. The molecular weight excluding hydrogens is 236 g/mol. The fraction of sp³-hybridized carbons (Fsp3) is 0.778. The molecule has 1 rings (SSSR count). The van der Waals surface area contributed by atoms with Crippen LogP contribution in [0.4, 0.5) is 0 Å². The van der Waals surface area contributed by atoms with Crippen molar-refractivity contribution < 1.29 is 27.3 Å². The molecule has 0 aliphatic heterocycles. The van der Waals surface area contributed by atoms with Crippen LogP contribution in [-0.4, -0.2) is 37.1 Å². The number of ether oxygens (including phenoxy) is 1. The van der Waals surface area contributed by atoms with Crippen LogP contribution in [0.25, 0.3) is 0 Å². The van der Waals surface area contributed by atoms with Crippen molar-refractivity contribution in [1.29, 1.82) is 0 Å². The zero-order chi connectivity index (χ0) is 12.2. The second-order valence-electron chi connectivity index (χ2n) is 3.72. The number of carbonyl (C=O) groups is 2. The first kappa shape index (κ1) is 13.1. The van der Waals surface area contributed by atoms with Crippen molar-refractivity contribution >= 4 is 21.9 Å². The number of esters is 1. The Bertz CT molecular complexity index is 371.